The highest BCUT2D eigenvalue weighted by atomic mass is 35.5. The molecule has 2 heterocycles. The quantitative estimate of drug-likeness (QED) is 0.841. The topological polar surface area (TPSA) is 61.6 Å². The minimum Gasteiger partial charge on any atom is -0.382 e. The van der Waals surface area contributed by atoms with Crippen molar-refractivity contribution in [3.63, 3.8) is 0 Å². The van der Waals surface area contributed by atoms with Crippen LogP contribution >= 0.6 is 11.6 Å². The van der Waals surface area contributed by atoms with E-state index in [-0.39, 0.29) is 6.03 Å². The molecule has 27 heavy (non-hydrogen) atoms. The van der Waals surface area contributed by atoms with Crippen molar-refractivity contribution >= 4 is 29.0 Å². The number of hydrogen-bond acceptors (Lipinski definition) is 3. The second-order valence-corrected chi connectivity index (χ2v) is 7.84. The number of fused-ring (bicyclic) bond motifs is 1. The summed E-state index contributed by atoms with van der Waals surface area (Å²) in [6, 6.07) is 14.5. The number of anilines is 2. The average molecular weight is 385 g/mol. The predicted molar refractivity (Wildman–Crippen MR) is 110 cm³/mol. The van der Waals surface area contributed by atoms with Crippen molar-refractivity contribution in [1.82, 2.24) is 4.90 Å². The maximum atomic E-state index is 11.6. The fourth-order valence-electron chi connectivity index (χ4n) is 4.02. The molecule has 2 aromatic carbocycles. The summed E-state index contributed by atoms with van der Waals surface area (Å²) in [6.45, 7) is 3.78. The Morgan fingerprint density at radius 3 is 2.56 bits per heavy atom. The summed E-state index contributed by atoms with van der Waals surface area (Å²) < 4.78 is 0. The van der Waals surface area contributed by atoms with Crippen molar-refractivity contribution in [3.8, 4) is 0 Å². The molecule has 3 N–H and O–H groups in total. The second-order valence-electron chi connectivity index (χ2n) is 7.40. The van der Waals surface area contributed by atoms with Gasteiger partial charge in [0.2, 0.25) is 0 Å². The van der Waals surface area contributed by atoms with E-state index >= 15 is 0 Å². The van der Waals surface area contributed by atoms with Crippen molar-refractivity contribution in [3.05, 3.63) is 58.6 Å². The van der Waals surface area contributed by atoms with Crippen LogP contribution in [0, 0.1) is 0 Å². The third-order valence-electron chi connectivity index (χ3n) is 5.52. The van der Waals surface area contributed by atoms with Crippen LogP contribution in [0.1, 0.15) is 24.0 Å². The van der Waals surface area contributed by atoms with Gasteiger partial charge in [0, 0.05) is 42.9 Å². The molecule has 0 aromatic heterocycles. The number of nitrogens with two attached hydrogens (primary N) is 1. The van der Waals surface area contributed by atoms with Crippen LogP contribution in [0.15, 0.2) is 42.5 Å². The van der Waals surface area contributed by atoms with Gasteiger partial charge in [-0.3, -0.25) is 9.80 Å². The maximum absolute atomic E-state index is 11.6. The summed E-state index contributed by atoms with van der Waals surface area (Å²) >= 11 is 5.96. The van der Waals surface area contributed by atoms with Crippen molar-refractivity contribution in [2.75, 3.05) is 29.9 Å². The molecule has 0 spiro atoms. The largest absolute Gasteiger partial charge is 0.382 e. The van der Waals surface area contributed by atoms with E-state index in [1.54, 1.807) is 4.90 Å². The number of hydrogen-bond donors (Lipinski definition) is 2. The van der Waals surface area contributed by atoms with Gasteiger partial charge in [-0.25, -0.2) is 4.79 Å². The molecule has 1 saturated heterocycles. The normalized spacial score (nSPS) is 17.7. The molecular formula is C21H25ClN4O. The van der Waals surface area contributed by atoms with Crippen molar-refractivity contribution < 1.29 is 4.79 Å². The summed E-state index contributed by atoms with van der Waals surface area (Å²) in [7, 11) is 0. The Balaban J connectivity index is 1.32. The van der Waals surface area contributed by atoms with E-state index in [4.69, 9.17) is 17.3 Å². The summed E-state index contributed by atoms with van der Waals surface area (Å²) in [5.74, 6) is 0. The first kappa shape index (κ1) is 18.1. The van der Waals surface area contributed by atoms with Crippen LogP contribution in [0.4, 0.5) is 16.2 Å². The van der Waals surface area contributed by atoms with Crippen LogP contribution < -0.4 is 16.0 Å². The Morgan fingerprint density at radius 2 is 1.85 bits per heavy atom. The smallest absolute Gasteiger partial charge is 0.319 e. The maximum Gasteiger partial charge on any atom is 0.319 e. The molecule has 0 aliphatic carbocycles. The summed E-state index contributed by atoms with van der Waals surface area (Å²) in [5.41, 5.74) is 10.0. The first-order valence-electron chi connectivity index (χ1n) is 9.52. The number of rotatable bonds is 4. The molecule has 0 saturated carbocycles. The Morgan fingerprint density at radius 1 is 1.11 bits per heavy atom. The van der Waals surface area contributed by atoms with Gasteiger partial charge in [0.1, 0.15) is 0 Å². The number of carbonyl (C=O) groups is 1. The highest BCUT2D eigenvalue weighted by Crippen LogP contribution is 2.31. The lowest BCUT2D eigenvalue weighted by molar-refractivity contribution is 0.211. The fraction of sp³-hybridized carbons (Fsp3) is 0.381. The highest BCUT2D eigenvalue weighted by molar-refractivity contribution is 6.30. The lowest BCUT2D eigenvalue weighted by atomic mass is 10.0. The Kier molecular flexibility index (Phi) is 5.23. The van der Waals surface area contributed by atoms with Crippen LogP contribution in [0.5, 0.6) is 0 Å². The average Bonchev–Trinajstić information content (AvgIpc) is 3.09. The van der Waals surface area contributed by atoms with Gasteiger partial charge in [0.15, 0.2) is 0 Å². The lowest BCUT2D eigenvalue weighted by Gasteiger charge is -2.33. The third kappa shape index (κ3) is 4.20. The summed E-state index contributed by atoms with van der Waals surface area (Å²) in [4.78, 5) is 15.7. The SMILES string of the molecule is NC(=O)N1CCc2ccc(NC3CCN(Cc4ccc(Cl)cc4)CC3)cc21. The predicted octanol–water partition coefficient (Wildman–Crippen LogP) is 3.86. The van der Waals surface area contributed by atoms with Crippen molar-refractivity contribution in [1.29, 1.82) is 0 Å². The van der Waals surface area contributed by atoms with Crippen molar-refractivity contribution in [2.24, 2.45) is 5.73 Å². The fourth-order valence-corrected chi connectivity index (χ4v) is 4.14. The summed E-state index contributed by atoms with van der Waals surface area (Å²) in [5, 5.41) is 4.42. The van der Waals surface area contributed by atoms with E-state index in [0.717, 1.165) is 55.3 Å². The number of piperidine rings is 1. The molecule has 0 radical (unpaired) electrons. The zero-order valence-electron chi connectivity index (χ0n) is 15.3. The summed E-state index contributed by atoms with van der Waals surface area (Å²) in [6.07, 6.45) is 3.08. The zero-order chi connectivity index (χ0) is 18.8. The van der Waals surface area contributed by atoms with E-state index in [1.807, 2.05) is 12.1 Å². The number of benzene rings is 2. The van der Waals surface area contributed by atoms with Crippen LogP contribution in [0.3, 0.4) is 0 Å². The van der Waals surface area contributed by atoms with Crippen LogP contribution in [0.2, 0.25) is 5.02 Å². The minimum absolute atomic E-state index is 0.374. The number of urea groups is 1. The molecule has 2 amide bonds. The van der Waals surface area contributed by atoms with E-state index in [1.165, 1.54) is 11.1 Å². The Bertz CT molecular complexity index is 815. The van der Waals surface area contributed by atoms with Gasteiger partial charge in [-0.1, -0.05) is 29.8 Å². The molecule has 6 heteroatoms. The zero-order valence-corrected chi connectivity index (χ0v) is 16.1. The first-order valence-corrected chi connectivity index (χ1v) is 9.89. The number of primary amides is 1. The number of amides is 2. The molecule has 2 aliphatic rings. The molecular weight excluding hydrogens is 360 g/mol. The standard InChI is InChI=1S/C21H25ClN4O/c22-17-4-1-15(2-5-17)14-25-10-8-18(9-11-25)24-19-6-3-16-7-12-26(21(23)27)20(16)13-19/h1-6,13,18,24H,7-12,14H2,(H2,23,27). The lowest BCUT2D eigenvalue weighted by Crippen LogP contribution is -2.38. The molecule has 0 atom stereocenters. The molecule has 0 bridgehead atoms. The van der Waals surface area contributed by atoms with E-state index in [9.17, 15) is 4.79 Å². The van der Waals surface area contributed by atoms with Crippen LogP contribution in [-0.2, 0) is 13.0 Å². The molecule has 0 unspecified atom stereocenters. The first-order chi connectivity index (χ1) is 13.1. The second kappa shape index (κ2) is 7.79. The van der Waals surface area contributed by atoms with E-state index in [0.29, 0.717) is 12.6 Å². The van der Waals surface area contributed by atoms with Gasteiger partial charge in [-0.2, -0.15) is 0 Å². The van der Waals surface area contributed by atoms with Gasteiger partial charge in [0.05, 0.1) is 5.69 Å². The van der Waals surface area contributed by atoms with Crippen LogP contribution in [-0.4, -0.2) is 36.6 Å². The molecule has 5 nitrogen and oxygen atoms in total. The number of likely N-dealkylation sites (tertiary alicyclic amines) is 1. The molecule has 142 valence electrons. The number of nitrogens with one attached hydrogen (secondary N) is 1. The van der Waals surface area contributed by atoms with Gasteiger partial charge in [-0.05, 0) is 54.7 Å². The number of nitrogens with zero attached hydrogens (tertiary/aromatic N) is 2. The van der Waals surface area contributed by atoms with Gasteiger partial charge < -0.3 is 11.1 Å². The Labute approximate surface area is 165 Å². The van der Waals surface area contributed by atoms with Gasteiger partial charge in [0.25, 0.3) is 0 Å². The molecule has 4 rings (SSSR count). The van der Waals surface area contributed by atoms with E-state index in [2.05, 4.69) is 40.5 Å². The van der Waals surface area contributed by atoms with Crippen LogP contribution in [0.25, 0.3) is 0 Å². The molecule has 2 aromatic rings. The minimum atomic E-state index is -0.374. The highest BCUT2D eigenvalue weighted by Gasteiger charge is 2.24. The molecule has 1 fully saturated rings. The molecule has 2 aliphatic heterocycles. The van der Waals surface area contributed by atoms with Gasteiger partial charge >= 0.3 is 6.03 Å². The number of carbonyl (C=O) groups excluding carboxylic acids is 1. The number of halogens is 1. The third-order valence-corrected chi connectivity index (χ3v) is 5.78. The van der Waals surface area contributed by atoms with Crippen molar-refractivity contribution in [2.45, 2.75) is 31.8 Å². The monoisotopic (exact) mass is 384 g/mol. The van der Waals surface area contributed by atoms with E-state index < -0.39 is 0 Å². The Hall–Kier alpha value is -2.24. The van der Waals surface area contributed by atoms with Gasteiger partial charge in [-0.15, -0.1) is 0 Å².